The van der Waals surface area contributed by atoms with Crippen molar-refractivity contribution in [2.24, 2.45) is 0 Å². The molecule has 86 valence electrons. The van der Waals surface area contributed by atoms with Gasteiger partial charge in [-0.3, -0.25) is 4.79 Å². The van der Waals surface area contributed by atoms with E-state index in [9.17, 15) is 4.79 Å². The molecule has 4 heteroatoms. The van der Waals surface area contributed by atoms with Gasteiger partial charge in [0.2, 0.25) is 0 Å². The van der Waals surface area contributed by atoms with E-state index >= 15 is 0 Å². The molecule has 16 heavy (non-hydrogen) atoms. The summed E-state index contributed by atoms with van der Waals surface area (Å²) in [5.41, 5.74) is 0.767. The molecule has 1 saturated heterocycles. The first-order valence-corrected chi connectivity index (χ1v) is 7.06. The van der Waals surface area contributed by atoms with Gasteiger partial charge in [-0.05, 0) is 36.3 Å². The number of Topliss-reactive ketones (excluding diaryl/α,β-unsaturated/α-hetero) is 1. The monoisotopic (exact) mass is 274 g/mol. The summed E-state index contributed by atoms with van der Waals surface area (Å²) in [5, 5.41) is 1.32. The Hall–Kier alpha value is -0.180. The molecular formula is C12H12Cl2OS. The zero-order chi connectivity index (χ0) is 11.5. The quantitative estimate of drug-likeness (QED) is 0.829. The van der Waals surface area contributed by atoms with Gasteiger partial charge in [-0.15, -0.1) is 0 Å². The summed E-state index contributed by atoms with van der Waals surface area (Å²) in [4.78, 5) is 12.0. The minimum absolute atomic E-state index is 0.146. The second-order valence-corrected chi connectivity index (χ2v) is 5.97. The Labute approximate surface area is 110 Å². The van der Waals surface area contributed by atoms with Crippen LogP contribution in [0.4, 0.5) is 0 Å². The lowest BCUT2D eigenvalue weighted by atomic mass is 10.0. The van der Waals surface area contributed by atoms with Crippen molar-refractivity contribution in [3.8, 4) is 0 Å². The second-order valence-electron chi connectivity index (χ2n) is 3.84. The van der Waals surface area contributed by atoms with Crippen LogP contribution in [0.2, 0.25) is 10.0 Å². The molecule has 1 aromatic carbocycles. The van der Waals surface area contributed by atoms with Gasteiger partial charge >= 0.3 is 0 Å². The molecule has 0 aliphatic carbocycles. The topological polar surface area (TPSA) is 17.1 Å². The SMILES string of the molecule is O=C(Cc1c(Cl)cccc1Cl)C1CCCS1. The van der Waals surface area contributed by atoms with Gasteiger partial charge < -0.3 is 0 Å². The van der Waals surface area contributed by atoms with E-state index in [2.05, 4.69) is 0 Å². The molecule has 0 saturated carbocycles. The van der Waals surface area contributed by atoms with Crippen molar-refractivity contribution in [1.82, 2.24) is 0 Å². The van der Waals surface area contributed by atoms with Crippen molar-refractivity contribution in [1.29, 1.82) is 0 Å². The normalized spacial score (nSPS) is 20.0. The Bertz CT molecular complexity index is 380. The molecule has 1 nitrogen and oxygen atoms in total. The number of thioether (sulfide) groups is 1. The summed E-state index contributed by atoms with van der Waals surface area (Å²) in [7, 11) is 0. The average molecular weight is 275 g/mol. The predicted octanol–water partition coefficient (Wildman–Crippen LogP) is 4.00. The van der Waals surface area contributed by atoms with E-state index in [0.29, 0.717) is 16.5 Å². The Morgan fingerprint density at radius 3 is 2.62 bits per heavy atom. The van der Waals surface area contributed by atoms with Gasteiger partial charge in [0, 0.05) is 16.5 Å². The van der Waals surface area contributed by atoms with Crippen LogP contribution in [0, 0.1) is 0 Å². The highest BCUT2D eigenvalue weighted by molar-refractivity contribution is 8.00. The van der Waals surface area contributed by atoms with E-state index in [-0.39, 0.29) is 11.0 Å². The highest BCUT2D eigenvalue weighted by Crippen LogP contribution is 2.30. The molecule has 0 spiro atoms. The van der Waals surface area contributed by atoms with Crippen molar-refractivity contribution in [3.05, 3.63) is 33.8 Å². The fraction of sp³-hybridized carbons (Fsp3) is 0.417. The van der Waals surface area contributed by atoms with Gasteiger partial charge in [0.25, 0.3) is 0 Å². The van der Waals surface area contributed by atoms with E-state index in [4.69, 9.17) is 23.2 Å². The van der Waals surface area contributed by atoms with E-state index in [1.54, 1.807) is 30.0 Å². The van der Waals surface area contributed by atoms with Crippen LogP contribution in [-0.4, -0.2) is 16.8 Å². The molecule has 1 aromatic rings. The smallest absolute Gasteiger partial charge is 0.150 e. The number of ketones is 1. The van der Waals surface area contributed by atoms with Crippen molar-refractivity contribution in [2.45, 2.75) is 24.5 Å². The molecule has 1 aliphatic rings. The molecule has 1 atom stereocenters. The first-order valence-electron chi connectivity index (χ1n) is 5.25. The lowest BCUT2D eigenvalue weighted by Crippen LogP contribution is -2.16. The fourth-order valence-electron chi connectivity index (χ4n) is 1.82. The number of carbonyl (C=O) groups excluding carboxylic acids is 1. The van der Waals surface area contributed by atoms with Crippen LogP contribution in [0.3, 0.4) is 0 Å². The molecule has 2 rings (SSSR count). The summed E-state index contributed by atoms with van der Waals surface area (Å²) in [6.45, 7) is 0. The van der Waals surface area contributed by atoms with Crippen LogP contribution in [0.5, 0.6) is 0 Å². The van der Waals surface area contributed by atoms with Crippen LogP contribution in [-0.2, 0) is 11.2 Å². The Balaban J connectivity index is 2.11. The van der Waals surface area contributed by atoms with Gasteiger partial charge in [-0.1, -0.05) is 29.3 Å². The maximum absolute atomic E-state index is 12.0. The average Bonchev–Trinajstić information content (AvgIpc) is 2.76. The van der Waals surface area contributed by atoms with Gasteiger partial charge in [0.1, 0.15) is 5.78 Å². The Kier molecular flexibility index (Phi) is 4.17. The largest absolute Gasteiger partial charge is 0.298 e. The van der Waals surface area contributed by atoms with Crippen molar-refractivity contribution >= 4 is 40.7 Å². The van der Waals surface area contributed by atoms with Gasteiger partial charge in [-0.25, -0.2) is 0 Å². The zero-order valence-corrected chi connectivity index (χ0v) is 11.0. The third-order valence-corrected chi connectivity index (χ3v) is 4.84. The number of carbonyl (C=O) groups is 1. The summed E-state index contributed by atoms with van der Waals surface area (Å²) in [5.74, 6) is 1.34. The third kappa shape index (κ3) is 2.73. The minimum Gasteiger partial charge on any atom is -0.298 e. The highest BCUT2D eigenvalue weighted by atomic mass is 35.5. The molecule has 1 fully saturated rings. The number of benzene rings is 1. The number of hydrogen-bond acceptors (Lipinski definition) is 2. The first kappa shape index (κ1) is 12.3. The first-order chi connectivity index (χ1) is 7.68. The van der Waals surface area contributed by atoms with Gasteiger partial charge in [0.15, 0.2) is 0 Å². The van der Waals surface area contributed by atoms with Crippen molar-refractivity contribution < 1.29 is 4.79 Å². The molecule has 0 bridgehead atoms. The third-order valence-electron chi connectivity index (χ3n) is 2.70. The predicted molar refractivity (Wildman–Crippen MR) is 70.7 cm³/mol. The molecule has 1 heterocycles. The van der Waals surface area contributed by atoms with E-state index in [0.717, 1.165) is 24.2 Å². The Morgan fingerprint density at radius 2 is 2.06 bits per heavy atom. The molecule has 1 aliphatic heterocycles. The van der Waals surface area contributed by atoms with Crippen molar-refractivity contribution in [3.63, 3.8) is 0 Å². The molecule has 0 aromatic heterocycles. The lowest BCUT2D eigenvalue weighted by Gasteiger charge is -2.09. The van der Waals surface area contributed by atoms with Crippen LogP contribution in [0.1, 0.15) is 18.4 Å². The summed E-state index contributed by atoms with van der Waals surface area (Å²) < 4.78 is 0. The van der Waals surface area contributed by atoms with Crippen LogP contribution >= 0.6 is 35.0 Å². The molecule has 0 radical (unpaired) electrons. The standard InChI is InChI=1S/C12H12Cl2OS/c13-9-3-1-4-10(14)8(9)7-11(15)12-5-2-6-16-12/h1,3-4,12H,2,5-7H2. The van der Waals surface area contributed by atoms with E-state index in [1.165, 1.54) is 0 Å². The molecule has 0 N–H and O–H groups in total. The molecular weight excluding hydrogens is 263 g/mol. The number of hydrogen-bond donors (Lipinski definition) is 0. The van der Waals surface area contributed by atoms with Crippen LogP contribution in [0.25, 0.3) is 0 Å². The maximum atomic E-state index is 12.0. The molecule has 1 unspecified atom stereocenters. The highest BCUT2D eigenvalue weighted by Gasteiger charge is 2.24. The summed E-state index contributed by atoms with van der Waals surface area (Å²) in [6.07, 6.45) is 2.49. The van der Waals surface area contributed by atoms with Crippen LogP contribution < -0.4 is 0 Å². The lowest BCUT2D eigenvalue weighted by molar-refractivity contribution is -0.117. The van der Waals surface area contributed by atoms with E-state index in [1.807, 2.05) is 0 Å². The van der Waals surface area contributed by atoms with Gasteiger partial charge in [0.05, 0.1) is 5.25 Å². The second kappa shape index (κ2) is 5.44. The fourth-order valence-corrected chi connectivity index (χ4v) is 3.57. The van der Waals surface area contributed by atoms with Crippen LogP contribution in [0.15, 0.2) is 18.2 Å². The van der Waals surface area contributed by atoms with Crippen molar-refractivity contribution in [2.75, 3.05) is 5.75 Å². The van der Waals surface area contributed by atoms with E-state index < -0.39 is 0 Å². The zero-order valence-electron chi connectivity index (χ0n) is 8.71. The maximum Gasteiger partial charge on any atom is 0.150 e. The summed E-state index contributed by atoms with van der Waals surface area (Å²) >= 11 is 13.8. The number of halogens is 2. The summed E-state index contributed by atoms with van der Waals surface area (Å²) in [6, 6.07) is 5.35. The number of rotatable bonds is 3. The minimum atomic E-state index is 0.146. The molecule has 0 amide bonds. The Morgan fingerprint density at radius 1 is 1.38 bits per heavy atom. The van der Waals surface area contributed by atoms with Gasteiger partial charge in [-0.2, -0.15) is 11.8 Å².